The highest BCUT2D eigenvalue weighted by Gasteiger charge is 2.52. The van der Waals surface area contributed by atoms with Gasteiger partial charge < -0.3 is 14.0 Å². The van der Waals surface area contributed by atoms with E-state index in [1.807, 2.05) is 46.8 Å². The summed E-state index contributed by atoms with van der Waals surface area (Å²) in [7, 11) is 1.18. The Morgan fingerprint density at radius 2 is 1.67 bits per heavy atom. The summed E-state index contributed by atoms with van der Waals surface area (Å²) in [5.41, 5.74) is 1.04. The lowest BCUT2D eigenvalue weighted by Crippen LogP contribution is -2.41. The molecule has 2 rings (SSSR count). The lowest BCUT2D eigenvalue weighted by atomic mass is 9.79. The third kappa shape index (κ3) is 2.13. The number of aromatic nitrogens is 1. The molecule has 1 fully saturated rings. The van der Waals surface area contributed by atoms with Gasteiger partial charge in [0, 0.05) is 11.2 Å². The fraction of sp³-hybridized carbons (Fsp3) is 0.615. The van der Waals surface area contributed by atoms with Gasteiger partial charge in [0.1, 0.15) is 0 Å². The summed E-state index contributed by atoms with van der Waals surface area (Å²) < 4.78 is 17.3. The summed E-state index contributed by atoms with van der Waals surface area (Å²) in [5.74, 6) is 0.563. The lowest BCUT2D eigenvalue weighted by Gasteiger charge is -2.32. The van der Waals surface area contributed by atoms with E-state index in [-0.39, 0.29) is 11.2 Å². The molecule has 0 aromatic carbocycles. The molecule has 2 heterocycles. The van der Waals surface area contributed by atoms with Crippen LogP contribution in [-0.2, 0) is 9.31 Å². The average molecular weight is 249 g/mol. The van der Waals surface area contributed by atoms with E-state index in [0.717, 1.165) is 11.2 Å². The zero-order chi connectivity index (χ0) is 13.6. The van der Waals surface area contributed by atoms with Crippen LogP contribution in [0.1, 0.15) is 33.4 Å². The molecule has 0 bridgehead atoms. The van der Waals surface area contributed by atoms with Gasteiger partial charge in [-0.1, -0.05) is 6.07 Å². The van der Waals surface area contributed by atoms with Crippen molar-refractivity contribution < 1.29 is 14.0 Å². The van der Waals surface area contributed by atoms with Crippen LogP contribution < -0.4 is 10.2 Å². The smallest absolute Gasteiger partial charge is 0.481 e. The van der Waals surface area contributed by atoms with Crippen molar-refractivity contribution in [2.75, 3.05) is 7.11 Å². The third-order valence-electron chi connectivity index (χ3n) is 3.73. The van der Waals surface area contributed by atoms with E-state index in [0.29, 0.717) is 5.88 Å². The molecule has 4 nitrogen and oxygen atoms in total. The van der Waals surface area contributed by atoms with Crippen molar-refractivity contribution >= 4 is 12.6 Å². The Morgan fingerprint density at radius 1 is 1.11 bits per heavy atom. The van der Waals surface area contributed by atoms with Gasteiger partial charge in [0.2, 0.25) is 5.88 Å². The van der Waals surface area contributed by atoms with Crippen LogP contribution in [0.5, 0.6) is 5.88 Å². The topological polar surface area (TPSA) is 40.6 Å². The molecule has 18 heavy (non-hydrogen) atoms. The monoisotopic (exact) mass is 249 g/mol. The van der Waals surface area contributed by atoms with Crippen molar-refractivity contribution in [2.24, 2.45) is 0 Å². The molecule has 0 amide bonds. The molecule has 0 N–H and O–H groups in total. The maximum Gasteiger partial charge on any atom is 0.500 e. The fourth-order valence-electron chi connectivity index (χ4n) is 1.86. The quantitative estimate of drug-likeness (QED) is 0.748. The van der Waals surface area contributed by atoms with Crippen LogP contribution >= 0.6 is 0 Å². The number of rotatable bonds is 2. The standard InChI is InChI=1S/C13H20BNO3/c1-9-7-8-10(11(15-9)16-6)14-17-12(2,3)13(4,5)18-14/h7-8H,1-6H3. The van der Waals surface area contributed by atoms with Gasteiger partial charge in [0.05, 0.1) is 18.3 Å². The summed E-state index contributed by atoms with van der Waals surface area (Å²) in [6.07, 6.45) is 0. The van der Waals surface area contributed by atoms with Crippen LogP contribution in [0.25, 0.3) is 0 Å². The highest BCUT2D eigenvalue weighted by Crippen LogP contribution is 2.36. The second-order valence-corrected chi connectivity index (χ2v) is 5.64. The van der Waals surface area contributed by atoms with Gasteiger partial charge >= 0.3 is 7.12 Å². The molecule has 0 spiro atoms. The summed E-state index contributed by atoms with van der Waals surface area (Å²) in [6, 6.07) is 3.88. The molecule has 98 valence electrons. The van der Waals surface area contributed by atoms with Crippen molar-refractivity contribution in [2.45, 2.75) is 45.8 Å². The third-order valence-corrected chi connectivity index (χ3v) is 3.73. The van der Waals surface area contributed by atoms with E-state index >= 15 is 0 Å². The van der Waals surface area contributed by atoms with Crippen molar-refractivity contribution in [3.8, 4) is 5.88 Å². The molecule has 0 aliphatic carbocycles. The van der Waals surface area contributed by atoms with Gasteiger partial charge in [-0.15, -0.1) is 0 Å². The summed E-state index contributed by atoms with van der Waals surface area (Å²) in [5, 5.41) is 0. The normalized spacial score (nSPS) is 21.1. The van der Waals surface area contributed by atoms with E-state index < -0.39 is 7.12 Å². The van der Waals surface area contributed by atoms with Gasteiger partial charge in [-0.2, -0.15) is 0 Å². The first-order chi connectivity index (χ1) is 8.27. The average Bonchev–Trinajstić information content (AvgIpc) is 2.47. The Balaban J connectivity index is 2.35. The largest absolute Gasteiger partial charge is 0.500 e. The van der Waals surface area contributed by atoms with Crippen LogP contribution in [0.15, 0.2) is 12.1 Å². The van der Waals surface area contributed by atoms with Gasteiger partial charge in [-0.05, 0) is 40.7 Å². The summed E-state index contributed by atoms with van der Waals surface area (Å²) in [6.45, 7) is 10.0. The van der Waals surface area contributed by atoms with Gasteiger partial charge in [0.25, 0.3) is 0 Å². The first kappa shape index (κ1) is 13.4. The molecule has 1 aliphatic rings. The number of ether oxygens (including phenoxy) is 1. The summed E-state index contributed by atoms with van der Waals surface area (Å²) >= 11 is 0. The maximum absolute atomic E-state index is 5.99. The SMILES string of the molecule is COc1nc(C)ccc1B1OC(C)(C)C(C)(C)O1. The number of aryl methyl sites for hydroxylation is 1. The second kappa shape index (κ2) is 4.25. The second-order valence-electron chi connectivity index (χ2n) is 5.64. The number of hydrogen-bond donors (Lipinski definition) is 0. The zero-order valence-electron chi connectivity index (χ0n) is 11.9. The van der Waals surface area contributed by atoms with Crippen LogP contribution in [0.3, 0.4) is 0 Å². The van der Waals surface area contributed by atoms with E-state index in [1.54, 1.807) is 7.11 Å². The minimum absolute atomic E-state index is 0.354. The fourth-order valence-corrected chi connectivity index (χ4v) is 1.86. The first-order valence-electron chi connectivity index (χ1n) is 6.14. The Morgan fingerprint density at radius 3 is 2.17 bits per heavy atom. The predicted molar refractivity (Wildman–Crippen MR) is 71.2 cm³/mol. The Hall–Kier alpha value is -1.07. The van der Waals surface area contributed by atoms with Gasteiger partial charge in [-0.25, -0.2) is 4.98 Å². The van der Waals surface area contributed by atoms with Crippen molar-refractivity contribution in [1.82, 2.24) is 4.98 Å². The minimum atomic E-state index is -0.432. The molecule has 0 atom stereocenters. The highest BCUT2D eigenvalue weighted by molar-refractivity contribution is 6.63. The molecular formula is C13H20BNO3. The van der Waals surface area contributed by atoms with Crippen molar-refractivity contribution in [3.63, 3.8) is 0 Å². The van der Waals surface area contributed by atoms with Crippen LogP contribution in [0.4, 0.5) is 0 Å². The van der Waals surface area contributed by atoms with Crippen LogP contribution in [0, 0.1) is 6.92 Å². The molecular weight excluding hydrogens is 229 g/mol. The van der Waals surface area contributed by atoms with E-state index in [9.17, 15) is 0 Å². The molecule has 0 saturated carbocycles. The molecule has 0 radical (unpaired) electrons. The molecule has 1 aliphatic heterocycles. The Kier molecular flexibility index (Phi) is 3.15. The van der Waals surface area contributed by atoms with E-state index in [1.165, 1.54) is 0 Å². The molecule has 1 aromatic rings. The lowest BCUT2D eigenvalue weighted by molar-refractivity contribution is 0.00578. The van der Waals surface area contributed by atoms with Gasteiger partial charge in [0.15, 0.2) is 0 Å². The van der Waals surface area contributed by atoms with E-state index in [4.69, 9.17) is 14.0 Å². The number of nitrogens with zero attached hydrogens (tertiary/aromatic N) is 1. The molecule has 1 saturated heterocycles. The summed E-state index contributed by atoms with van der Waals surface area (Å²) in [4.78, 5) is 4.35. The van der Waals surface area contributed by atoms with Crippen LogP contribution in [0.2, 0.25) is 0 Å². The zero-order valence-corrected chi connectivity index (χ0v) is 11.9. The van der Waals surface area contributed by atoms with E-state index in [2.05, 4.69) is 4.98 Å². The Bertz CT molecular complexity index is 444. The van der Waals surface area contributed by atoms with Gasteiger partial charge in [-0.3, -0.25) is 0 Å². The van der Waals surface area contributed by atoms with Crippen molar-refractivity contribution in [1.29, 1.82) is 0 Å². The highest BCUT2D eigenvalue weighted by atomic mass is 16.7. The number of pyridine rings is 1. The predicted octanol–water partition coefficient (Wildman–Crippen LogP) is 1.70. The number of hydrogen-bond acceptors (Lipinski definition) is 4. The molecule has 0 unspecified atom stereocenters. The van der Waals surface area contributed by atoms with Crippen molar-refractivity contribution in [3.05, 3.63) is 17.8 Å². The number of methoxy groups -OCH3 is 1. The first-order valence-corrected chi connectivity index (χ1v) is 6.14. The van der Waals surface area contributed by atoms with Crippen LogP contribution in [-0.4, -0.2) is 30.4 Å². The maximum atomic E-state index is 5.99. The minimum Gasteiger partial charge on any atom is -0.481 e. The molecule has 5 heteroatoms. The Labute approximate surface area is 109 Å². The molecule has 1 aromatic heterocycles.